The highest BCUT2D eigenvalue weighted by Crippen LogP contribution is 2.39. The van der Waals surface area contributed by atoms with Crippen molar-refractivity contribution in [3.63, 3.8) is 0 Å². The van der Waals surface area contributed by atoms with E-state index in [4.69, 9.17) is 14.2 Å². The third kappa shape index (κ3) is 4.38. The summed E-state index contributed by atoms with van der Waals surface area (Å²) in [6, 6.07) is 3.45. The Bertz CT molecular complexity index is 1010. The van der Waals surface area contributed by atoms with Crippen molar-refractivity contribution in [2.45, 2.75) is 41.2 Å². The molecule has 1 aromatic carbocycles. The van der Waals surface area contributed by atoms with Gasteiger partial charge in [0.1, 0.15) is 0 Å². The summed E-state index contributed by atoms with van der Waals surface area (Å²) in [6.07, 6.45) is 2.06. The van der Waals surface area contributed by atoms with Crippen molar-refractivity contribution < 1.29 is 19.0 Å². The maximum absolute atomic E-state index is 13.3. The van der Waals surface area contributed by atoms with Crippen molar-refractivity contribution in [3.05, 3.63) is 40.2 Å². The maximum atomic E-state index is 13.3. The van der Waals surface area contributed by atoms with E-state index in [1.807, 2.05) is 27.7 Å². The van der Waals surface area contributed by atoms with E-state index in [2.05, 4.69) is 22.5 Å². The molecule has 0 radical (unpaired) electrons. The molecule has 8 heteroatoms. The van der Waals surface area contributed by atoms with Crippen molar-refractivity contribution in [2.24, 2.45) is 0 Å². The quantitative estimate of drug-likeness (QED) is 0.500. The number of rotatable bonds is 9. The molecular formula is C22H29N3O4S. The average molecular weight is 432 g/mol. The van der Waals surface area contributed by atoms with E-state index < -0.39 is 0 Å². The number of benzene rings is 1. The second-order valence-corrected chi connectivity index (χ2v) is 8.11. The highest BCUT2D eigenvalue weighted by Gasteiger charge is 2.22. The molecule has 3 rings (SSSR count). The van der Waals surface area contributed by atoms with Crippen molar-refractivity contribution >= 4 is 22.2 Å². The first-order valence-electron chi connectivity index (χ1n) is 10.1. The second kappa shape index (κ2) is 9.38. The van der Waals surface area contributed by atoms with Gasteiger partial charge in [-0.15, -0.1) is 11.3 Å². The predicted molar refractivity (Wildman–Crippen MR) is 118 cm³/mol. The normalized spacial score (nSPS) is 11.0. The molecule has 162 valence electrons. The summed E-state index contributed by atoms with van der Waals surface area (Å²) in [7, 11) is 1.79. The summed E-state index contributed by atoms with van der Waals surface area (Å²) in [4.78, 5) is 21.7. The Morgan fingerprint density at radius 1 is 1.07 bits per heavy atom. The van der Waals surface area contributed by atoms with Crippen LogP contribution in [0.4, 0.5) is 0 Å². The van der Waals surface area contributed by atoms with Gasteiger partial charge in [0.15, 0.2) is 16.5 Å². The van der Waals surface area contributed by atoms with Crippen LogP contribution in [0.2, 0.25) is 0 Å². The Hall–Kier alpha value is -2.74. The number of nitrogens with zero attached hydrogens (tertiary/aromatic N) is 3. The zero-order valence-electron chi connectivity index (χ0n) is 18.4. The first kappa shape index (κ1) is 22.0. The molecule has 0 aliphatic rings. The lowest BCUT2D eigenvalue weighted by atomic mass is 10.1. The Kier molecular flexibility index (Phi) is 6.87. The van der Waals surface area contributed by atoms with Crippen LogP contribution >= 0.6 is 11.3 Å². The van der Waals surface area contributed by atoms with Crippen LogP contribution in [-0.4, -0.2) is 47.1 Å². The van der Waals surface area contributed by atoms with Crippen LogP contribution in [0.25, 0.3) is 4.96 Å². The minimum atomic E-state index is -0.124. The van der Waals surface area contributed by atoms with E-state index >= 15 is 0 Å². The largest absolute Gasteiger partial charge is 0.490 e. The second-order valence-electron chi connectivity index (χ2n) is 6.90. The fourth-order valence-electron chi connectivity index (χ4n) is 3.33. The summed E-state index contributed by atoms with van der Waals surface area (Å²) in [5, 5.41) is 0. The third-order valence-corrected chi connectivity index (χ3v) is 5.53. The highest BCUT2D eigenvalue weighted by molar-refractivity contribution is 7.17. The van der Waals surface area contributed by atoms with Gasteiger partial charge in [-0.05, 0) is 46.8 Å². The number of fused-ring (bicyclic) bond motifs is 1. The average Bonchev–Trinajstić information content (AvgIpc) is 3.19. The number of hydrogen-bond donors (Lipinski definition) is 0. The summed E-state index contributed by atoms with van der Waals surface area (Å²) in [5.74, 6) is 1.43. The highest BCUT2D eigenvalue weighted by atomic mass is 32.1. The molecule has 0 fully saturated rings. The van der Waals surface area contributed by atoms with Crippen LogP contribution in [-0.2, 0) is 6.54 Å². The number of hydrogen-bond acceptors (Lipinski definition) is 6. The van der Waals surface area contributed by atoms with Gasteiger partial charge in [0.05, 0.1) is 37.8 Å². The van der Waals surface area contributed by atoms with E-state index in [1.54, 1.807) is 35.4 Å². The maximum Gasteiger partial charge on any atom is 0.254 e. The van der Waals surface area contributed by atoms with E-state index in [-0.39, 0.29) is 5.91 Å². The predicted octanol–water partition coefficient (Wildman–Crippen LogP) is 4.48. The molecule has 7 nitrogen and oxygen atoms in total. The van der Waals surface area contributed by atoms with Crippen LogP contribution in [0.5, 0.6) is 17.2 Å². The number of aromatic nitrogens is 2. The van der Waals surface area contributed by atoms with Crippen molar-refractivity contribution in [1.82, 2.24) is 14.3 Å². The van der Waals surface area contributed by atoms with Crippen molar-refractivity contribution in [2.75, 3.05) is 26.9 Å². The van der Waals surface area contributed by atoms with Crippen LogP contribution in [0.1, 0.15) is 47.4 Å². The molecule has 30 heavy (non-hydrogen) atoms. The topological polar surface area (TPSA) is 65.3 Å². The van der Waals surface area contributed by atoms with Gasteiger partial charge in [-0.2, -0.15) is 0 Å². The van der Waals surface area contributed by atoms with Gasteiger partial charge < -0.3 is 19.1 Å². The molecule has 3 aromatic rings. The SMILES string of the molecule is CCOc1cc(C(=O)N(C)Cc2c(C)nc3sc(C)cn23)cc(OCC)c1OCC. The Balaban J connectivity index is 1.93. The molecule has 0 saturated heterocycles. The number of aryl methyl sites for hydroxylation is 2. The van der Waals surface area contributed by atoms with Crippen LogP contribution in [0.3, 0.4) is 0 Å². The fourth-order valence-corrected chi connectivity index (χ4v) is 4.22. The zero-order chi connectivity index (χ0) is 21.8. The first-order valence-corrected chi connectivity index (χ1v) is 11.0. The van der Waals surface area contributed by atoms with Crippen molar-refractivity contribution in [1.29, 1.82) is 0 Å². The summed E-state index contributed by atoms with van der Waals surface area (Å²) in [5.41, 5.74) is 2.43. The number of thiazole rings is 1. The molecule has 0 saturated carbocycles. The molecule has 0 spiro atoms. The molecule has 1 amide bonds. The van der Waals surface area contributed by atoms with Gasteiger partial charge in [-0.1, -0.05) is 0 Å². The Morgan fingerprint density at radius 2 is 1.67 bits per heavy atom. The minimum Gasteiger partial charge on any atom is -0.490 e. The van der Waals surface area contributed by atoms with Gasteiger partial charge in [0.25, 0.3) is 5.91 Å². The smallest absolute Gasteiger partial charge is 0.254 e. The lowest BCUT2D eigenvalue weighted by molar-refractivity contribution is 0.0781. The molecule has 0 bridgehead atoms. The van der Waals surface area contributed by atoms with Gasteiger partial charge >= 0.3 is 0 Å². The van der Waals surface area contributed by atoms with Crippen LogP contribution in [0.15, 0.2) is 18.3 Å². The zero-order valence-corrected chi connectivity index (χ0v) is 19.3. The molecule has 0 atom stereocenters. The number of amides is 1. The number of imidazole rings is 1. The Morgan fingerprint density at radius 3 is 2.23 bits per heavy atom. The van der Waals surface area contributed by atoms with E-state index in [0.717, 1.165) is 16.3 Å². The molecule has 0 N–H and O–H groups in total. The van der Waals surface area contributed by atoms with Gasteiger partial charge in [0.2, 0.25) is 5.75 Å². The third-order valence-electron chi connectivity index (χ3n) is 4.63. The van der Waals surface area contributed by atoms with Crippen LogP contribution in [0, 0.1) is 13.8 Å². The lowest BCUT2D eigenvalue weighted by Gasteiger charge is -2.20. The number of carbonyl (C=O) groups excluding carboxylic acids is 1. The lowest BCUT2D eigenvalue weighted by Crippen LogP contribution is -2.27. The molecule has 2 heterocycles. The van der Waals surface area contributed by atoms with Gasteiger partial charge in [-0.3, -0.25) is 9.20 Å². The molecule has 0 unspecified atom stereocenters. The minimum absolute atomic E-state index is 0.124. The number of carbonyl (C=O) groups is 1. The molecule has 0 aliphatic carbocycles. The summed E-state index contributed by atoms with van der Waals surface area (Å²) < 4.78 is 19.3. The van der Waals surface area contributed by atoms with E-state index in [0.29, 0.717) is 49.2 Å². The molecule has 2 aromatic heterocycles. The summed E-state index contributed by atoms with van der Waals surface area (Å²) >= 11 is 1.64. The molecule has 0 aliphatic heterocycles. The van der Waals surface area contributed by atoms with Crippen molar-refractivity contribution in [3.8, 4) is 17.2 Å². The standard InChI is InChI=1S/C22H29N3O4S/c1-7-27-18-10-16(11-19(28-8-2)20(18)29-9-3)21(26)24(6)13-17-15(5)23-22-25(17)12-14(4)30-22/h10-12H,7-9,13H2,1-6H3. The fraction of sp³-hybridized carbons (Fsp3) is 0.455. The Labute approximate surface area is 181 Å². The van der Waals surface area contributed by atoms with E-state index in [9.17, 15) is 4.79 Å². The molecular weight excluding hydrogens is 402 g/mol. The summed E-state index contributed by atoms with van der Waals surface area (Å²) in [6.45, 7) is 11.6. The van der Waals surface area contributed by atoms with Gasteiger partial charge in [-0.25, -0.2) is 4.98 Å². The van der Waals surface area contributed by atoms with Crippen LogP contribution < -0.4 is 14.2 Å². The van der Waals surface area contributed by atoms with Gasteiger partial charge in [0, 0.05) is 23.7 Å². The monoisotopic (exact) mass is 431 g/mol. The number of ether oxygens (including phenoxy) is 3. The van der Waals surface area contributed by atoms with E-state index in [1.165, 1.54) is 4.88 Å². The first-order chi connectivity index (χ1) is 14.4.